The number of benzene rings is 9. The first-order chi connectivity index (χ1) is 27.8. The topological polar surface area (TPSA) is 9.86 Å². The summed E-state index contributed by atoms with van der Waals surface area (Å²) in [5, 5.41) is 5.00. The Hall–Kier alpha value is -7.42. The highest BCUT2D eigenvalue weighted by Gasteiger charge is 2.17. The molecule has 0 saturated carbocycles. The molecule has 2 heteroatoms. The van der Waals surface area contributed by atoms with Gasteiger partial charge in [-0.15, -0.1) is 0 Å². The summed E-state index contributed by atoms with van der Waals surface area (Å²) in [6.07, 6.45) is 0. The zero-order valence-electron chi connectivity index (χ0n) is 30.7. The smallest absolute Gasteiger partial charge is 0.0541 e. The molecule has 0 aliphatic heterocycles. The minimum Gasteiger partial charge on any atom is -0.309 e. The van der Waals surface area contributed by atoms with E-state index in [1.54, 1.807) is 0 Å². The van der Waals surface area contributed by atoms with Gasteiger partial charge in [-0.3, -0.25) is 0 Å². The third-order valence-corrected chi connectivity index (χ3v) is 11.3. The van der Waals surface area contributed by atoms with Crippen LogP contribution in [-0.4, -0.2) is 9.13 Å². The molecule has 0 aliphatic carbocycles. The molecule has 56 heavy (non-hydrogen) atoms. The largest absolute Gasteiger partial charge is 0.309 e. The molecule has 0 amide bonds. The molecule has 0 saturated heterocycles. The van der Waals surface area contributed by atoms with Gasteiger partial charge in [0.1, 0.15) is 0 Å². The number of fused-ring (bicyclic) bond motifs is 6. The molecule has 0 N–H and O–H groups in total. The minimum atomic E-state index is 1.15. The van der Waals surface area contributed by atoms with Crippen LogP contribution in [0.5, 0.6) is 0 Å². The fraction of sp³-hybridized carbons (Fsp3) is 0. The highest BCUT2D eigenvalue weighted by Crippen LogP contribution is 2.39. The van der Waals surface area contributed by atoms with Gasteiger partial charge >= 0.3 is 0 Å². The zero-order valence-corrected chi connectivity index (χ0v) is 30.7. The van der Waals surface area contributed by atoms with E-state index in [1.165, 1.54) is 93.8 Å². The number of hydrogen-bond donors (Lipinski definition) is 0. The second kappa shape index (κ2) is 13.2. The Balaban J connectivity index is 1.04. The molecule has 262 valence electrons. The van der Waals surface area contributed by atoms with Crippen LogP contribution in [0.25, 0.3) is 99.5 Å². The standard InChI is InChI=1S/C54H36N2/c1-4-15-37(16-5-1)43-32-44(38-17-6-2-7-18-38)34-46(33-43)56-52-26-13-11-24-48(52)50-36-42(28-30-54(50)56)40-20-14-19-39(31-40)41-27-29-53-49(35-41)47-23-10-12-25-51(47)55(53)45-21-8-3-9-22-45/h1-36H. The van der Waals surface area contributed by atoms with Crippen LogP contribution >= 0.6 is 0 Å². The third kappa shape index (κ3) is 5.34. The predicted octanol–water partition coefficient (Wildman–Crippen LogP) is 14.5. The molecule has 0 atom stereocenters. The SMILES string of the molecule is c1ccc(-c2cc(-c3ccccc3)cc(-n3c4ccccc4c4cc(-c5cccc(-c6ccc7c(c6)c6ccccc6n7-c6ccccc6)c5)ccc43)c2)cc1. The summed E-state index contributed by atoms with van der Waals surface area (Å²) in [7, 11) is 0. The average molecular weight is 713 g/mol. The molecule has 0 unspecified atom stereocenters. The van der Waals surface area contributed by atoms with Crippen molar-refractivity contribution in [3.05, 3.63) is 218 Å². The molecule has 11 rings (SSSR count). The van der Waals surface area contributed by atoms with Crippen LogP contribution in [-0.2, 0) is 0 Å². The van der Waals surface area contributed by atoms with Crippen molar-refractivity contribution in [2.45, 2.75) is 0 Å². The molecule has 0 bridgehead atoms. The van der Waals surface area contributed by atoms with Gasteiger partial charge in [-0.2, -0.15) is 0 Å². The van der Waals surface area contributed by atoms with Crippen molar-refractivity contribution in [1.29, 1.82) is 0 Å². The molecule has 0 spiro atoms. The second-order valence-corrected chi connectivity index (χ2v) is 14.6. The summed E-state index contributed by atoms with van der Waals surface area (Å²) in [6, 6.07) is 79.4. The Labute approximate surface area is 325 Å². The second-order valence-electron chi connectivity index (χ2n) is 14.6. The van der Waals surface area contributed by atoms with Gasteiger partial charge in [0.25, 0.3) is 0 Å². The van der Waals surface area contributed by atoms with E-state index in [9.17, 15) is 0 Å². The maximum Gasteiger partial charge on any atom is 0.0541 e. The normalized spacial score (nSPS) is 11.6. The molecular weight excluding hydrogens is 677 g/mol. The lowest BCUT2D eigenvalue weighted by atomic mass is 9.97. The molecule has 0 aliphatic rings. The Morgan fingerprint density at radius 1 is 0.196 bits per heavy atom. The van der Waals surface area contributed by atoms with E-state index < -0.39 is 0 Å². The number of aromatic nitrogens is 2. The van der Waals surface area contributed by atoms with E-state index in [4.69, 9.17) is 0 Å². The van der Waals surface area contributed by atoms with Crippen molar-refractivity contribution in [1.82, 2.24) is 9.13 Å². The van der Waals surface area contributed by atoms with Gasteiger partial charge in [0.15, 0.2) is 0 Å². The Kier molecular flexibility index (Phi) is 7.53. The van der Waals surface area contributed by atoms with Crippen molar-refractivity contribution in [2.24, 2.45) is 0 Å². The lowest BCUT2D eigenvalue weighted by Crippen LogP contribution is -1.96. The van der Waals surface area contributed by atoms with E-state index in [-0.39, 0.29) is 0 Å². The molecule has 2 nitrogen and oxygen atoms in total. The van der Waals surface area contributed by atoms with Gasteiger partial charge in [0.2, 0.25) is 0 Å². The molecule has 0 radical (unpaired) electrons. The van der Waals surface area contributed by atoms with E-state index >= 15 is 0 Å². The van der Waals surface area contributed by atoms with Crippen LogP contribution in [0.2, 0.25) is 0 Å². The van der Waals surface area contributed by atoms with Crippen molar-refractivity contribution in [3.8, 4) is 55.9 Å². The van der Waals surface area contributed by atoms with Crippen molar-refractivity contribution < 1.29 is 0 Å². The first-order valence-corrected chi connectivity index (χ1v) is 19.3. The van der Waals surface area contributed by atoms with Gasteiger partial charge in [-0.1, -0.05) is 146 Å². The predicted molar refractivity (Wildman–Crippen MR) is 237 cm³/mol. The van der Waals surface area contributed by atoms with E-state index in [1.807, 2.05) is 0 Å². The Morgan fingerprint density at radius 3 is 1.09 bits per heavy atom. The molecule has 9 aromatic carbocycles. The maximum atomic E-state index is 2.44. The van der Waals surface area contributed by atoms with Gasteiger partial charge in [0, 0.05) is 32.9 Å². The van der Waals surface area contributed by atoms with E-state index in [0.717, 1.165) is 5.69 Å². The monoisotopic (exact) mass is 712 g/mol. The molecule has 2 heterocycles. The summed E-state index contributed by atoms with van der Waals surface area (Å²) < 4.78 is 4.81. The van der Waals surface area contributed by atoms with Gasteiger partial charge in [-0.25, -0.2) is 0 Å². The van der Waals surface area contributed by atoms with E-state index in [2.05, 4.69) is 228 Å². The van der Waals surface area contributed by atoms with Crippen LogP contribution in [0.1, 0.15) is 0 Å². The lowest BCUT2D eigenvalue weighted by Gasteiger charge is -2.14. The Morgan fingerprint density at radius 2 is 0.571 bits per heavy atom. The molecular formula is C54H36N2. The summed E-state index contributed by atoms with van der Waals surface area (Å²) >= 11 is 0. The quantitative estimate of drug-likeness (QED) is 0.162. The van der Waals surface area contributed by atoms with Crippen LogP contribution in [0, 0.1) is 0 Å². The fourth-order valence-corrected chi connectivity index (χ4v) is 8.65. The number of para-hydroxylation sites is 3. The first kappa shape index (κ1) is 32.0. The summed E-state index contributed by atoms with van der Waals surface area (Å²) in [6.45, 7) is 0. The molecule has 2 aromatic heterocycles. The Bertz CT molecular complexity index is 3170. The number of rotatable bonds is 6. The van der Waals surface area contributed by atoms with Gasteiger partial charge in [0.05, 0.1) is 22.1 Å². The fourth-order valence-electron chi connectivity index (χ4n) is 8.65. The van der Waals surface area contributed by atoms with E-state index in [0.29, 0.717) is 0 Å². The maximum absolute atomic E-state index is 2.44. The van der Waals surface area contributed by atoms with Crippen molar-refractivity contribution in [2.75, 3.05) is 0 Å². The van der Waals surface area contributed by atoms with Crippen molar-refractivity contribution >= 4 is 43.6 Å². The minimum absolute atomic E-state index is 1.15. The lowest BCUT2D eigenvalue weighted by molar-refractivity contribution is 1.18. The van der Waals surface area contributed by atoms with Crippen LogP contribution in [0.3, 0.4) is 0 Å². The third-order valence-electron chi connectivity index (χ3n) is 11.3. The van der Waals surface area contributed by atoms with Crippen LogP contribution < -0.4 is 0 Å². The zero-order chi connectivity index (χ0) is 37.0. The van der Waals surface area contributed by atoms with Gasteiger partial charge < -0.3 is 9.13 Å². The summed E-state index contributed by atoms with van der Waals surface area (Å²) in [5.74, 6) is 0. The van der Waals surface area contributed by atoms with Crippen LogP contribution in [0.4, 0.5) is 0 Å². The highest BCUT2D eigenvalue weighted by molar-refractivity contribution is 6.12. The number of nitrogens with zero attached hydrogens (tertiary/aromatic N) is 2. The number of hydrogen-bond acceptors (Lipinski definition) is 0. The summed E-state index contributed by atoms with van der Waals surface area (Å²) in [4.78, 5) is 0. The van der Waals surface area contributed by atoms with Gasteiger partial charge in [-0.05, 0) is 117 Å². The molecule has 11 aromatic rings. The highest BCUT2D eigenvalue weighted by atomic mass is 15.0. The molecule has 0 fully saturated rings. The van der Waals surface area contributed by atoms with Crippen LogP contribution in [0.15, 0.2) is 218 Å². The average Bonchev–Trinajstić information content (AvgIpc) is 3.79. The van der Waals surface area contributed by atoms with Crippen molar-refractivity contribution in [3.63, 3.8) is 0 Å². The summed E-state index contributed by atoms with van der Waals surface area (Å²) in [5.41, 5.74) is 16.8. The first-order valence-electron chi connectivity index (χ1n) is 19.3.